The van der Waals surface area contributed by atoms with Crippen LogP contribution < -0.4 is 9.48 Å². The summed E-state index contributed by atoms with van der Waals surface area (Å²) in [5.41, 5.74) is 0.753. The Morgan fingerprint density at radius 1 is 1.28 bits per heavy atom. The summed E-state index contributed by atoms with van der Waals surface area (Å²) < 4.78 is 4.52. The van der Waals surface area contributed by atoms with Crippen LogP contribution in [0.15, 0.2) is 35.1 Å². The number of ether oxygens (including phenoxy) is 1. The molecule has 5 nitrogen and oxygen atoms in total. The molecule has 2 rings (SSSR count). The average Bonchev–Trinajstić information content (AvgIpc) is 2.39. The fourth-order valence-corrected chi connectivity index (χ4v) is 2.18. The van der Waals surface area contributed by atoms with E-state index in [2.05, 4.69) is 4.98 Å². The lowest BCUT2D eigenvalue weighted by atomic mass is 10.2. The molecule has 1 heterocycles. The van der Waals surface area contributed by atoms with Crippen LogP contribution in [0.3, 0.4) is 0 Å². The molecule has 0 unspecified atom stereocenters. The third kappa shape index (κ3) is 2.66. The highest BCUT2D eigenvalue weighted by molar-refractivity contribution is 7.12. The normalized spacial score (nSPS) is 10.3. The first kappa shape index (κ1) is 12.5. The molecule has 0 atom stereocenters. The number of aromatic nitrogens is 1. The van der Waals surface area contributed by atoms with Gasteiger partial charge in [0.15, 0.2) is 0 Å². The first-order valence-corrected chi connectivity index (χ1v) is 6.07. The molecule has 0 bridgehead atoms. The molecule has 18 heavy (non-hydrogen) atoms. The second-order valence-electron chi connectivity index (χ2n) is 3.40. The Morgan fingerprint density at radius 3 is 2.61 bits per heavy atom. The van der Waals surface area contributed by atoms with E-state index in [9.17, 15) is 9.90 Å². The van der Waals surface area contributed by atoms with E-state index in [0.29, 0.717) is 5.01 Å². The maximum atomic E-state index is 11.8. The van der Waals surface area contributed by atoms with E-state index in [0.717, 1.165) is 16.9 Å². The van der Waals surface area contributed by atoms with E-state index in [4.69, 9.17) is 9.84 Å². The quantitative estimate of drug-likeness (QED) is 0.869. The Morgan fingerprint density at radius 2 is 2.00 bits per heavy atom. The summed E-state index contributed by atoms with van der Waals surface area (Å²) in [6, 6.07) is 9.09. The first-order chi connectivity index (χ1) is 8.72. The molecule has 0 aliphatic heterocycles. The monoisotopic (exact) mass is 265 g/mol. The molecule has 0 saturated carbocycles. The van der Waals surface area contributed by atoms with Crippen molar-refractivity contribution in [3.63, 3.8) is 0 Å². The van der Waals surface area contributed by atoms with Gasteiger partial charge in [-0.25, -0.2) is 0 Å². The number of hydrogen-bond donors (Lipinski definition) is 2. The number of aliphatic hydroxyl groups excluding tert-OH is 1. The molecule has 0 aliphatic carbocycles. The van der Waals surface area contributed by atoms with Crippen LogP contribution in [0.1, 0.15) is 0 Å². The summed E-state index contributed by atoms with van der Waals surface area (Å²) in [5, 5.41) is 18.7. The lowest BCUT2D eigenvalue weighted by Gasteiger charge is -2.05. The van der Waals surface area contributed by atoms with E-state index >= 15 is 0 Å². The summed E-state index contributed by atoms with van der Waals surface area (Å²) in [5.74, 6) is -0.667. The van der Waals surface area contributed by atoms with Crippen LogP contribution in [0.25, 0.3) is 10.6 Å². The molecule has 94 valence electrons. The summed E-state index contributed by atoms with van der Waals surface area (Å²) in [6.45, 7) is -0.286. The van der Waals surface area contributed by atoms with E-state index in [1.165, 1.54) is 0 Å². The van der Waals surface area contributed by atoms with E-state index in [1.54, 1.807) is 12.1 Å². The van der Waals surface area contributed by atoms with Gasteiger partial charge in [0.25, 0.3) is 10.6 Å². The summed E-state index contributed by atoms with van der Waals surface area (Å²) in [7, 11) is 0. The van der Waals surface area contributed by atoms with Crippen LogP contribution in [-0.4, -0.2) is 28.4 Å². The lowest BCUT2D eigenvalue weighted by Crippen LogP contribution is -2.09. The average molecular weight is 265 g/mol. The van der Waals surface area contributed by atoms with E-state index in [-0.39, 0.29) is 19.0 Å². The highest BCUT2D eigenvalue weighted by atomic mass is 32.1. The number of hydrogen-bond acceptors (Lipinski definition) is 6. The van der Waals surface area contributed by atoms with Gasteiger partial charge >= 0.3 is 0 Å². The Hall–Kier alpha value is -1.92. The second kappa shape index (κ2) is 5.61. The van der Waals surface area contributed by atoms with Crippen molar-refractivity contribution >= 4 is 11.3 Å². The Kier molecular flexibility index (Phi) is 3.91. The minimum atomic E-state index is -0.453. The van der Waals surface area contributed by atoms with Gasteiger partial charge in [-0.2, -0.15) is 4.98 Å². The molecule has 0 aliphatic rings. The van der Waals surface area contributed by atoms with Crippen LogP contribution in [0.4, 0.5) is 0 Å². The number of nitrogens with zero attached hydrogens (tertiary/aromatic N) is 1. The minimum Gasteiger partial charge on any atom is -0.490 e. The Balaban J connectivity index is 2.40. The predicted molar refractivity (Wildman–Crippen MR) is 68.1 cm³/mol. The zero-order chi connectivity index (χ0) is 13.0. The third-order valence-electron chi connectivity index (χ3n) is 2.14. The van der Waals surface area contributed by atoms with Crippen molar-refractivity contribution < 1.29 is 14.9 Å². The van der Waals surface area contributed by atoms with Crippen molar-refractivity contribution in [2.45, 2.75) is 0 Å². The molecular formula is C12H11NO4S. The van der Waals surface area contributed by atoms with Gasteiger partial charge in [-0.15, -0.1) is 0 Å². The zero-order valence-electron chi connectivity index (χ0n) is 9.37. The highest BCUT2D eigenvalue weighted by Gasteiger charge is 2.13. The number of benzene rings is 1. The van der Waals surface area contributed by atoms with Crippen molar-refractivity contribution in [1.29, 1.82) is 0 Å². The summed E-state index contributed by atoms with van der Waals surface area (Å²) in [6.07, 6.45) is 0. The van der Waals surface area contributed by atoms with Gasteiger partial charge in [0.1, 0.15) is 11.6 Å². The Bertz CT molecular complexity index is 582. The van der Waals surface area contributed by atoms with Crippen molar-refractivity contribution in [3.8, 4) is 22.2 Å². The second-order valence-corrected chi connectivity index (χ2v) is 4.36. The highest BCUT2D eigenvalue weighted by Crippen LogP contribution is 2.26. The van der Waals surface area contributed by atoms with Gasteiger partial charge in [-0.05, 0) is 0 Å². The van der Waals surface area contributed by atoms with Crippen LogP contribution in [0, 0.1) is 0 Å². The lowest BCUT2D eigenvalue weighted by molar-refractivity contribution is 0.195. The molecular weight excluding hydrogens is 254 g/mol. The molecule has 1 aromatic heterocycles. The maximum absolute atomic E-state index is 11.8. The fraction of sp³-hybridized carbons (Fsp3) is 0.167. The van der Waals surface area contributed by atoms with Crippen molar-refractivity contribution in [1.82, 2.24) is 4.98 Å². The first-order valence-electron chi connectivity index (χ1n) is 5.25. The molecule has 1 aromatic carbocycles. The largest absolute Gasteiger partial charge is 0.490 e. The molecule has 0 amide bonds. The summed E-state index contributed by atoms with van der Waals surface area (Å²) in [4.78, 5) is 15.7. The number of aromatic hydroxyl groups is 1. The van der Waals surface area contributed by atoms with E-state index < -0.39 is 10.6 Å². The van der Waals surface area contributed by atoms with Gasteiger partial charge < -0.3 is 14.9 Å². The topological polar surface area (TPSA) is 79.7 Å². The van der Waals surface area contributed by atoms with Crippen molar-refractivity contribution in [2.24, 2.45) is 0 Å². The Labute approximate surface area is 107 Å². The molecule has 0 spiro atoms. The predicted octanol–water partition coefficient (Wildman–Crippen LogP) is 1.25. The van der Waals surface area contributed by atoms with Crippen molar-refractivity contribution in [2.75, 3.05) is 13.2 Å². The zero-order valence-corrected chi connectivity index (χ0v) is 10.2. The molecule has 2 aromatic rings. The minimum absolute atomic E-state index is 0.0537. The molecule has 6 heteroatoms. The third-order valence-corrected chi connectivity index (χ3v) is 3.03. The van der Waals surface area contributed by atoms with Crippen LogP contribution in [0.5, 0.6) is 11.6 Å². The van der Waals surface area contributed by atoms with Gasteiger partial charge in [-0.3, -0.25) is 4.79 Å². The van der Waals surface area contributed by atoms with Crippen LogP contribution >= 0.6 is 11.3 Å². The van der Waals surface area contributed by atoms with Gasteiger partial charge in [0, 0.05) is 5.56 Å². The summed E-state index contributed by atoms with van der Waals surface area (Å²) >= 11 is 0.888. The van der Waals surface area contributed by atoms with Crippen molar-refractivity contribution in [3.05, 3.63) is 39.9 Å². The maximum Gasteiger partial charge on any atom is 0.282 e. The molecule has 0 fully saturated rings. The van der Waals surface area contributed by atoms with Crippen LogP contribution in [-0.2, 0) is 0 Å². The number of rotatable bonds is 4. The van der Waals surface area contributed by atoms with E-state index in [1.807, 2.05) is 18.2 Å². The van der Waals surface area contributed by atoms with Gasteiger partial charge in [0.05, 0.1) is 6.61 Å². The van der Waals surface area contributed by atoms with Gasteiger partial charge in [-0.1, -0.05) is 41.7 Å². The van der Waals surface area contributed by atoms with Crippen LogP contribution in [0.2, 0.25) is 0 Å². The SMILES string of the molecule is O=c1sc(-c2ccccc2)nc(O)c1OCCO. The van der Waals surface area contributed by atoms with Gasteiger partial charge in [0.2, 0.25) is 5.75 Å². The number of aliphatic hydroxyl groups is 1. The fourth-order valence-electron chi connectivity index (χ4n) is 1.37. The molecule has 2 N–H and O–H groups in total. The molecule has 0 saturated heterocycles. The smallest absolute Gasteiger partial charge is 0.282 e. The standard InChI is InChI=1S/C12H11NO4S/c14-6-7-17-9-10(15)13-11(18-12(9)16)8-4-2-1-3-5-8/h1-5,14-15H,6-7H2. The molecule has 0 radical (unpaired) electrons.